The van der Waals surface area contributed by atoms with Gasteiger partial charge < -0.3 is 15.4 Å². The average Bonchev–Trinajstić information content (AvgIpc) is 2.26. The van der Waals surface area contributed by atoms with Gasteiger partial charge in [0.05, 0.1) is 13.0 Å². The molecule has 0 spiro atoms. The number of esters is 1. The minimum atomic E-state index is -0.184. The number of carbonyl (C=O) groups is 1. The zero-order valence-electron chi connectivity index (χ0n) is 9.64. The number of pyridine rings is 1. The molecular weight excluding hydrogens is 206 g/mol. The van der Waals surface area contributed by atoms with Gasteiger partial charge in [-0.05, 0) is 13.0 Å². The fraction of sp³-hybridized carbons (Fsp3) is 0.455. The molecule has 0 atom stereocenters. The zero-order valence-corrected chi connectivity index (χ0v) is 9.64. The normalized spacial score (nSPS) is 9.88. The van der Waals surface area contributed by atoms with Crippen molar-refractivity contribution in [2.45, 2.75) is 13.3 Å². The number of hydrogen-bond acceptors (Lipinski definition) is 5. The van der Waals surface area contributed by atoms with Crippen molar-refractivity contribution in [1.29, 1.82) is 0 Å². The molecule has 0 bridgehead atoms. The molecule has 0 saturated carbocycles. The standard InChI is InChI=1S/C11H17N3O2/c1-3-16-11(15)5-7-14(2)9-4-6-13-10(12)8-9/h4,6,8H,3,5,7H2,1-2H3,(H2,12,13). The topological polar surface area (TPSA) is 68.5 Å². The van der Waals surface area contributed by atoms with Gasteiger partial charge in [-0.1, -0.05) is 0 Å². The number of aromatic nitrogens is 1. The third-order valence-corrected chi connectivity index (χ3v) is 2.16. The molecule has 0 aliphatic heterocycles. The molecule has 2 N–H and O–H groups in total. The van der Waals surface area contributed by atoms with E-state index in [0.29, 0.717) is 25.4 Å². The van der Waals surface area contributed by atoms with Crippen molar-refractivity contribution < 1.29 is 9.53 Å². The molecule has 0 radical (unpaired) electrons. The Balaban J connectivity index is 2.46. The van der Waals surface area contributed by atoms with Crippen LogP contribution in [0.5, 0.6) is 0 Å². The first-order valence-electron chi connectivity index (χ1n) is 5.21. The quantitative estimate of drug-likeness (QED) is 0.756. The fourth-order valence-electron chi connectivity index (χ4n) is 1.30. The molecule has 5 nitrogen and oxygen atoms in total. The summed E-state index contributed by atoms with van der Waals surface area (Å²) in [5, 5.41) is 0. The first-order valence-corrected chi connectivity index (χ1v) is 5.21. The number of rotatable bonds is 5. The number of ether oxygens (including phenoxy) is 1. The molecular formula is C11H17N3O2. The highest BCUT2D eigenvalue weighted by molar-refractivity contribution is 5.70. The summed E-state index contributed by atoms with van der Waals surface area (Å²) in [6.45, 7) is 2.82. The monoisotopic (exact) mass is 223 g/mol. The molecule has 0 aliphatic rings. The lowest BCUT2D eigenvalue weighted by Gasteiger charge is -2.18. The molecule has 1 aromatic rings. The Bertz CT molecular complexity index is 355. The third kappa shape index (κ3) is 3.76. The van der Waals surface area contributed by atoms with Gasteiger partial charge in [-0.3, -0.25) is 4.79 Å². The largest absolute Gasteiger partial charge is 0.466 e. The van der Waals surface area contributed by atoms with Gasteiger partial charge in [0.15, 0.2) is 0 Å². The Morgan fingerprint density at radius 3 is 3.00 bits per heavy atom. The van der Waals surface area contributed by atoms with Crippen LogP contribution in [-0.4, -0.2) is 31.2 Å². The molecule has 1 rings (SSSR count). The smallest absolute Gasteiger partial charge is 0.307 e. The van der Waals surface area contributed by atoms with Crippen LogP contribution >= 0.6 is 0 Å². The Hall–Kier alpha value is -1.78. The molecule has 16 heavy (non-hydrogen) atoms. The van der Waals surface area contributed by atoms with Gasteiger partial charge >= 0.3 is 5.97 Å². The molecule has 0 aromatic carbocycles. The summed E-state index contributed by atoms with van der Waals surface area (Å²) in [5.41, 5.74) is 6.51. The van der Waals surface area contributed by atoms with Gasteiger partial charge in [-0.2, -0.15) is 0 Å². The van der Waals surface area contributed by atoms with Crippen molar-refractivity contribution in [2.24, 2.45) is 0 Å². The van der Waals surface area contributed by atoms with E-state index in [1.54, 1.807) is 19.2 Å². The maximum atomic E-state index is 11.2. The van der Waals surface area contributed by atoms with E-state index in [-0.39, 0.29) is 5.97 Å². The highest BCUT2D eigenvalue weighted by atomic mass is 16.5. The lowest BCUT2D eigenvalue weighted by Crippen LogP contribution is -2.22. The zero-order chi connectivity index (χ0) is 12.0. The Kier molecular flexibility index (Phi) is 4.57. The highest BCUT2D eigenvalue weighted by Crippen LogP contribution is 2.13. The molecule has 0 saturated heterocycles. The molecule has 0 unspecified atom stereocenters. The molecule has 1 aromatic heterocycles. The first-order chi connectivity index (χ1) is 7.63. The van der Waals surface area contributed by atoms with Gasteiger partial charge in [0.25, 0.3) is 0 Å². The van der Waals surface area contributed by atoms with Gasteiger partial charge in [0, 0.05) is 31.5 Å². The lowest BCUT2D eigenvalue weighted by atomic mass is 10.3. The van der Waals surface area contributed by atoms with Crippen LogP contribution in [0.1, 0.15) is 13.3 Å². The van der Waals surface area contributed by atoms with Crippen LogP contribution in [-0.2, 0) is 9.53 Å². The van der Waals surface area contributed by atoms with Crippen LogP contribution in [0.2, 0.25) is 0 Å². The summed E-state index contributed by atoms with van der Waals surface area (Å²) < 4.78 is 4.85. The molecule has 5 heteroatoms. The van der Waals surface area contributed by atoms with Crippen molar-refractivity contribution in [2.75, 3.05) is 30.8 Å². The van der Waals surface area contributed by atoms with Crippen LogP contribution in [0.3, 0.4) is 0 Å². The second kappa shape index (κ2) is 5.95. The Labute approximate surface area is 95.2 Å². The number of nitrogens with two attached hydrogens (primary N) is 1. The Morgan fingerprint density at radius 2 is 2.38 bits per heavy atom. The molecule has 0 fully saturated rings. The number of anilines is 2. The summed E-state index contributed by atoms with van der Waals surface area (Å²) in [7, 11) is 1.90. The molecule has 88 valence electrons. The van der Waals surface area contributed by atoms with Crippen molar-refractivity contribution in [1.82, 2.24) is 4.98 Å². The maximum absolute atomic E-state index is 11.2. The van der Waals surface area contributed by atoms with E-state index >= 15 is 0 Å². The first kappa shape index (κ1) is 12.3. The predicted molar refractivity (Wildman–Crippen MR) is 63.2 cm³/mol. The van der Waals surface area contributed by atoms with E-state index in [9.17, 15) is 4.79 Å². The lowest BCUT2D eigenvalue weighted by molar-refractivity contribution is -0.142. The van der Waals surface area contributed by atoms with Gasteiger partial charge in [0.1, 0.15) is 5.82 Å². The molecule has 0 amide bonds. The van der Waals surface area contributed by atoms with Crippen molar-refractivity contribution in [3.63, 3.8) is 0 Å². The van der Waals surface area contributed by atoms with E-state index in [4.69, 9.17) is 10.5 Å². The minimum Gasteiger partial charge on any atom is -0.466 e. The van der Waals surface area contributed by atoms with Gasteiger partial charge in [0.2, 0.25) is 0 Å². The predicted octanol–water partition coefficient (Wildman–Crippen LogP) is 1.05. The van der Waals surface area contributed by atoms with Crippen LogP contribution < -0.4 is 10.6 Å². The van der Waals surface area contributed by atoms with Crippen molar-refractivity contribution in [3.05, 3.63) is 18.3 Å². The van der Waals surface area contributed by atoms with E-state index in [1.807, 2.05) is 18.0 Å². The number of nitrogens with zero attached hydrogens (tertiary/aromatic N) is 2. The van der Waals surface area contributed by atoms with Gasteiger partial charge in [-0.25, -0.2) is 4.98 Å². The second-order valence-electron chi connectivity index (χ2n) is 3.42. The van der Waals surface area contributed by atoms with E-state index in [0.717, 1.165) is 5.69 Å². The van der Waals surface area contributed by atoms with E-state index in [1.165, 1.54) is 0 Å². The molecule has 0 aliphatic carbocycles. The van der Waals surface area contributed by atoms with Crippen LogP contribution in [0.15, 0.2) is 18.3 Å². The Morgan fingerprint density at radius 1 is 1.62 bits per heavy atom. The number of hydrogen-bond donors (Lipinski definition) is 1. The molecule has 1 heterocycles. The summed E-state index contributed by atoms with van der Waals surface area (Å²) >= 11 is 0. The van der Waals surface area contributed by atoms with Crippen LogP contribution in [0, 0.1) is 0 Å². The fourth-order valence-corrected chi connectivity index (χ4v) is 1.30. The van der Waals surface area contributed by atoms with Crippen molar-refractivity contribution >= 4 is 17.5 Å². The third-order valence-electron chi connectivity index (χ3n) is 2.16. The maximum Gasteiger partial charge on any atom is 0.307 e. The second-order valence-corrected chi connectivity index (χ2v) is 3.42. The van der Waals surface area contributed by atoms with Crippen LogP contribution in [0.4, 0.5) is 11.5 Å². The van der Waals surface area contributed by atoms with E-state index in [2.05, 4.69) is 4.98 Å². The summed E-state index contributed by atoms with van der Waals surface area (Å²) in [6, 6.07) is 3.62. The summed E-state index contributed by atoms with van der Waals surface area (Å²) in [5.74, 6) is 0.289. The van der Waals surface area contributed by atoms with Crippen molar-refractivity contribution in [3.8, 4) is 0 Å². The average molecular weight is 223 g/mol. The minimum absolute atomic E-state index is 0.184. The SMILES string of the molecule is CCOC(=O)CCN(C)c1ccnc(N)c1. The van der Waals surface area contributed by atoms with E-state index < -0.39 is 0 Å². The number of nitrogen functional groups attached to an aromatic ring is 1. The highest BCUT2D eigenvalue weighted by Gasteiger charge is 2.06. The summed E-state index contributed by atoms with van der Waals surface area (Å²) in [4.78, 5) is 17.0. The summed E-state index contributed by atoms with van der Waals surface area (Å²) in [6.07, 6.45) is 2.01. The van der Waals surface area contributed by atoms with Gasteiger partial charge in [-0.15, -0.1) is 0 Å². The van der Waals surface area contributed by atoms with Crippen LogP contribution in [0.25, 0.3) is 0 Å². The number of carbonyl (C=O) groups excluding carboxylic acids is 1.